The van der Waals surface area contributed by atoms with E-state index in [1.54, 1.807) is 0 Å². The number of aromatic nitrogens is 2. The van der Waals surface area contributed by atoms with Crippen LogP contribution in [0.2, 0.25) is 0 Å². The molecule has 0 aliphatic heterocycles. The van der Waals surface area contributed by atoms with Gasteiger partial charge in [0.2, 0.25) is 0 Å². The van der Waals surface area contributed by atoms with Gasteiger partial charge in [0.25, 0.3) is 0 Å². The number of carboxylic acids is 1. The summed E-state index contributed by atoms with van der Waals surface area (Å²) in [7, 11) is 0. The summed E-state index contributed by atoms with van der Waals surface area (Å²) < 4.78 is 0. The molecule has 0 saturated carbocycles. The smallest absolute Gasteiger partial charge is 0.308 e. The number of hydrogen-bond acceptors (Lipinski definition) is 4. The van der Waals surface area contributed by atoms with Gasteiger partial charge in [0, 0.05) is 18.3 Å². The van der Waals surface area contributed by atoms with E-state index >= 15 is 0 Å². The zero-order valence-corrected chi connectivity index (χ0v) is 12.1. The highest BCUT2D eigenvalue weighted by Gasteiger charge is 2.18. The van der Waals surface area contributed by atoms with Gasteiger partial charge in [-0.1, -0.05) is 27.7 Å². The second kappa shape index (κ2) is 7.07. The fourth-order valence-corrected chi connectivity index (χ4v) is 1.85. The van der Waals surface area contributed by atoms with Crippen LogP contribution in [0.1, 0.15) is 45.7 Å². The molecule has 19 heavy (non-hydrogen) atoms. The summed E-state index contributed by atoms with van der Waals surface area (Å²) in [6.07, 6.45) is 2.17. The van der Waals surface area contributed by atoms with Crippen LogP contribution in [0.3, 0.4) is 0 Å². The van der Waals surface area contributed by atoms with Crippen LogP contribution >= 0.6 is 0 Å². The fourth-order valence-electron chi connectivity index (χ4n) is 1.85. The Morgan fingerprint density at radius 1 is 1.32 bits per heavy atom. The highest BCUT2D eigenvalue weighted by molar-refractivity contribution is 5.70. The van der Waals surface area contributed by atoms with E-state index in [-0.39, 0.29) is 0 Å². The number of nitrogens with one attached hydrogen (secondary N) is 1. The first kappa shape index (κ1) is 15.4. The van der Waals surface area contributed by atoms with Gasteiger partial charge in [-0.3, -0.25) is 4.79 Å². The molecule has 0 saturated heterocycles. The number of aliphatic carboxylic acids is 1. The van der Waals surface area contributed by atoms with Crippen molar-refractivity contribution in [3.8, 4) is 0 Å². The lowest BCUT2D eigenvalue weighted by molar-refractivity contribution is -0.141. The predicted octanol–water partition coefficient (Wildman–Crippen LogP) is 2.76. The first-order valence-corrected chi connectivity index (χ1v) is 6.68. The Balaban J connectivity index is 2.63. The van der Waals surface area contributed by atoms with E-state index < -0.39 is 11.9 Å². The van der Waals surface area contributed by atoms with Crippen LogP contribution < -0.4 is 5.32 Å². The summed E-state index contributed by atoms with van der Waals surface area (Å²) >= 11 is 0. The third-order valence-electron chi connectivity index (χ3n) is 2.91. The molecule has 5 nitrogen and oxygen atoms in total. The maximum Gasteiger partial charge on any atom is 0.308 e. The topological polar surface area (TPSA) is 75.1 Å². The van der Waals surface area contributed by atoms with Gasteiger partial charge in [-0.25, -0.2) is 9.97 Å². The summed E-state index contributed by atoms with van der Waals surface area (Å²) in [6, 6.07) is 1.87. The number of carbonyl (C=O) groups is 1. The van der Waals surface area contributed by atoms with Crippen LogP contribution in [-0.2, 0) is 4.79 Å². The van der Waals surface area contributed by atoms with Crippen molar-refractivity contribution >= 4 is 11.8 Å². The molecule has 1 atom stereocenters. The standard InChI is InChI=1S/C14H23N3O2/c1-9(2)5-11(14(18)19)7-15-13-6-12(10(3)4)16-8-17-13/h6,8-11H,5,7H2,1-4H3,(H,18,19)(H,15,16,17). The summed E-state index contributed by atoms with van der Waals surface area (Å²) in [4.78, 5) is 19.5. The second-order valence-electron chi connectivity index (χ2n) is 5.53. The van der Waals surface area contributed by atoms with Gasteiger partial charge in [0.15, 0.2) is 0 Å². The van der Waals surface area contributed by atoms with Gasteiger partial charge < -0.3 is 10.4 Å². The van der Waals surface area contributed by atoms with Gasteiger partial charge in [-0.15, -0.1) is 0 Å². The SMILES string of the molecule is CC(C)CC(CNc1cc(C(C)C)ncn1)C(=O)O. The Kier molecular flexibility index (Phi) is 5.73. The van der Waals surface area contributed by atoms with E-state index in [0.29, 0.717) is 30.6 Å². The molecule has 0 radical (unpaired) electrons. The lowest BCUT2D eigenvalue weighted by Gasteiger charge is -2.16. The largest absolute Gasteiger partial charge is 0.481 e. The predicted molar refractivity (Wildman–Crippen MR) is 75.2 cm³/mol. The molecule has 1 aromatic heterocycles. The first-order valence-electron chi connectivity index (χ1n) is 6.68. The molecule has 0 amide bonds. The minimum Gasteiger partial charge on any atom is -0.481 e. The molecule has 0 aliphatic rings. The third-order valence-corrected chi connectivity index (χ3v) is 2.91. The normalized spacial score (nSPS) is 12.7. The summed E-state index contributed by atoms with van der Waals surface area (Å²) in [6.45, 7) is 8.56. The first-order chi connectivity index (χ1) is 8.90. The monoisotopic (exact) mass is 265 g/mol. The van der Waals surface area contributed by atoms with E-state index in [9.17, 15) is 9.90 Å². The second-order valence-corrected chi connectivity index (χ2v) is 5.53. The maximum absolute atomic E-state index is 11.2. The molecule has 0 fully saturated rings. The van der Waals surface area contributed by atoms with E-state index in [2.05, 4.69) is 29.1 Å². The van der Waals surface area contributed by atoms with Crippen LogP contribution in [0.15, 0.2) is 12.4 Å². The van der Waals surface area contributed by atoms with Crippen molar-refractivity contribution in [1.29, 1.82) is 0 Å². The Hall–Kier alpha value is -1.65. The summed E-state index contributed by atoms with van der Waals surface area (Å²) in [5.74, 6) is 0.222. The number of rotatable bonds is 7. The molecule has 0 bridgehead atoms. The maximum atomic E-state index is 11.2. The molecule has 106 valence electrons. The van der Waals surface area contributed by atoms with Crippen LogP contribution in [-0.4, -0.2) is 27.6 Å². The Morgan fingerprint density at radius 2 is 2.00 bits per heavy atom. The van der Waals surface area contributed by atoms with E-state index in [0.717, 1.165) is 5.69 Å². The van der Waals surface area contributed by atoms with Gasteiger partial charge >= 0.3 is 5.97 Å². The molecule has 0 aromatic carbocycles. The Labute approximate surface area is 114 Å². The van der Waals surface area contributed by atoms with Crippen molar-refractivity contribution in [3.63, 3.8) is 0 Å². The molecule has 0 spiro atoms. The molecular weight excluding hydrogens is 242 g/mol. The minimum absolute atomic E-state index is 0.328. The van der Waals surface area contributed by atoms with Gasteiger partial charge in [0.1, 0.15) is 12.1 Å². The molecule has 1 aromatic rings. The molecule has 1 unspecified atom stereocenters. The Morgan fingerprint density at radius 3 is 2.53 bits per heavy atom. The van der Waals surface area contributed by atoms with Crippen molar-refractivity contribution in [3.05, 3.63) is 18.1 Å². The van der Waals surface area contributed by atoms with Gasteiger partial charge in [0.05, 0.1) is 5.92 Å². The van der Waals surface area contributed by atoms with Crippen molar-refractivity contribution in [2.24, 2.45) is 11.8 Å². The van der Waals surface area contributed by atoms with Gasteiger partial charge in [-0.05, 0) is 18.3 Å². The van der Waals surface area contributed by atoms with Crippen molar-refractivity contribution in [2.45, 2.75) is 40.0 Å². The fraction of sp³-hybridized carbons (Fsp3) is 0.643. The molecule has 1 rings (SSSR count). The van der Waals surface area contributed by atoms with E-state index in [4.69, 9.17) is 0 Å². The molecule has 5 heteroatoms. The lowest BCUT2D eigenvalue weighted by Crippen LogP contribution is -2.24. The van der Waals surface area contributed by atoms with E-state index in [1.807, 2.05) is 19.9 Å². The number of anilines is 1. The highest BCUT2D eigenvalue weighted by Crippen LogP contribution is 2.16. The van der Waals surface area contributed by atoms with Crippen molar-refractivity contribution < 1.29 is 9.90 Å². The van der Waals surface area contributed by atoms with Crippen LogP contribution in [0.4, 0.5) is 5.82 Å². The molecule has 2 N–H and O–H groups in total. The number of carboxylic acid groups (broad SMARTS) is 1. The number of hydrogen-bond donors (Lipinski definition) is 2. The quantitative estimate of drug-likeness (QED) is 0.793. The highest BCUT2D eigenvalue weighted by atomic mass is 16.4. The Bertz CT molecular complexity index is 419. The zero-order valence-electron chi connectivity index (χ0n) is 12.1. The van der Waals surface area contributed by atoms with Crippen molar-refractivity contribution in [2.75, 3.05) is 11.9 Å². The average molecular weight is 265 g/mol. The summed E-state index contributed by atoms with van der Waals surface area (Å²) in [5.41, 5.74) is 0.952. The minimum atomic E-state index is -0.765. The average Bonchev–Trinajstić information content (AvgIpc) is 2.34. The molecule has 0 aliphatic carbocycles. The van der Waals surface area contributed by atoms with Crippen LogP contribution in [0, 0.1) is 11.8 Å². The van der Waals surface area contributed by atoms with E-state index in [1.165, 1.54) is 6.33 Å². The molecular formula is C14H23N3O2. The third kappa shape index (κ3) is 5.24. The summed E-state index contributed by atoms with van der Waals surface area (Å²) in [5, 5.41) is 12.3. The van der Waals surface area contributed by atoms with Crippen molar-refractivity contribution in [1.82, 2.24) is 9.97 Å². The molecule has 1 heterocycles. The van der Waals surface area contributed by atoms with Crippen LogP contribution in [0.5, 0.6) is 0 Å². The van der Waals surface area contributed by atoms with Gasteiger partial charge in [-0.2, -0.15) is 0 Å². The van der Waals surface area contributed by atoms with Crippen LogP contribution in [0.25, 0.3) is 0 Å². The zero-order chi connectivity index (χ0) is 14.4. The number of nitrogens with zero attached hydrogens (tertiary/aromatic N) is 2. The lowest BCUT2D eigenvalue weighted by atomic mass is 9.97.